The van der Waals surface area contributed by atoms with Crippen LogP contribution in [0.25, 0.3) is 0 Å². The second kappa shape index (κ2) is 7.83. The first kappa shape index (κ1) is 17.7. The molecule has 1 aliphatic heterocycles. The van der Waals surface area contributed by atoms with Crippen molar-refractivity contribution in [2.24, 2.45) is 0 Å². The molecule has 1 aliphatic rings. The molecule has 0 radical (unpaired) electrons. The second-order valence-corrected chi connectivity index (χ2v) is 6.52. The molecule has 0 N–H and O–H groups in total. The molecule has 2 aromatic carbocycles. The number of hydrogen-bond acceptors (Lipinski definition) is 3. The minimum absolute atomic E-state index is 0.0779. The van der Waals surface area contributed by atoms with Crippen molar-refractivity contribution in [2.45, 2.75) is 25.8 Å². The number of nitrogens with zero attached hydrogens (tertiary/aromatic N) is 3. The smallest absolute Gasteiger partial charge is 0.253 e. The average molecular weight is 347 g/mol. The Morgan fingerprint density at radius 2 is 1.81 bits per heavy atom. The third kappa shape index (κ3) is 3.92. The zero-order valence-electron chi connectivity index (χ0n) is 14.8. The van der Waals surface area contributed by atoms with E-state index >= 15 is 0 Å². The van der Waals surface area contributed by atoms with Crippen LogP contribution in [0.3, 0.4) is 0 Å². The molecule has 0 atom stereocenters. The Hall–Kier alpha value is -3.13. The normalized spacial score (nSPS) is 14.0. The van der Waals surface area contributed by atoms with E-state index in [1.54, 1.807) is 41.1 Å². The third-order valence-corrected chi connectivity index (χ3v) is 4.60. The van der Waals surface area contributed by atoms with E-state index in [4.69, 9.17) is 5.26 Å². The van der Waals surface area contributed by atoms with Gasteiger partial charge in [0.05, 0.1) is 11.6 Å². The predicted octanol–water partition coefficient (Wildman–Crippen LogP) is 3.35. The van der Waals surface area contributed by atoms with Gasteiger partial charge in [-0.05, 0) is 54.8 Å². The highest BCUT2D eigenvalue weighted by Crippen LogP contribution is 2.22. The van der Waals surface area contributed by atoms with Crippen LogP contribution >= 0.6 is 0 Å². The van der Waals surface area contributed by atoms with Crippen LogP contribution in [0.5, 0.6) is 0 Å². The molecule has 1 fully saturated rings. The number of nitriles is 1. The van der Waals surface area contributed by atoms with Crippen molar-refractivity contribution in [2.75, 3.05) is 18.5 Å². The molecule has 0 spiro atoms. The number of amides is 2. The van der Waals surface area contributed by atoms with E-state index < -0.39 is 0 Å². The molecule has 26 heavy (non-hydrogen) atoms. The summed E-state index contributed by atoms with van der Waals surface area (Å²) in [6.07, 6.45) is 2.56. The lowest BCUT2D eigenvalue weighted by atomic mass is 10.1. The monoisotopic (exact) mass is 347 g/mol. The van der Waals surface area contributed by atoms with E-state index in [0.29, 0.717) is 24.1 Å². The maximum atomic E-state index is 12.6. The van der Waals surface area contributed by atoms with Crippen molar-refractivity contribution >= 4 is 17.5 Å². The lowest BCUT2D eigenvalue weighted by Crippen LogP contribution is -2.35. The van der Waals surface area contributed by atoms with Crippen molar-refractivity contribution in [3.8, 4) is 6.07 Å². The van der Waals surface area contributed by atoms with Crippen molar-refractivity contribution in [1.29, 1.82) is 5.26 Å². The summed E-state index contributed by atoms with van der Waals surface area (Å²) in [7, 11) is 1.75. The van der Waals surface area contributed by atoms with E-state index in [1.807, 2.05) is 24.3 Å². The summed E-state index contributed by atoms with van der Waals surface area (Å²) in [6.45, 7) is 1.21. The second-order valence-electron chi connectivity index (χ2n) is 6.52. The van der Waals surface area contributed by atoms with Gasteiger partial charge in [0.15, 0.2) is 0 Å². The van der Waals surface area contributed by atoms with Gasteiger partial charge in [-0.25, -0.2) is 0 Å². The molecule has 0 aromatic heterocycles. The van der Waals surface area contributed by atoms with Crippen LogP contribution in [-0.2, 0) is 11.3 Å². The predicted molar refractivity (Wildman–Crippen MR) is 99.6 cm³/mol. The average Bonchev–Trinajstić information content (AvgIpc) is 2.68. The van der Waals surface area contributed by atoms with Gasteiger partial charge in [0.2, 0.25) is 5.91 Å². The van der Waals surface area contributed by atoms with Gasteiger partial charge < -0.3 is 9.80 Å². The third-order valence-electron chi connectivity index (χ3n) is 4.60. The molecule has 0 aliphatic carbocycles. The summed E-state index contributed by atoms with van der Waals surface area (Å²) in [5, 5.41) is 8.84. The Bertz CT molecular complexity index is 835. The first-order valence-corrected chi connectivity index (χ1v) is 8.73. The van der Waals surface area contributed by atoms with Crippen molar-refractivity contribution in [3.63, 3.8) is 0 Å². The standard InChI is InChI=1S/C21H21N3O2/c1-23(15-17-7-5-16(14-22)6-8-17)21(26)18-9-11-19(12-10-18)24-13-3-2-4-20(24)25/h5-12H,2-4,13,15H2,1H3. The molecule has 3 rings (SSSR count). The van der Waals surface area contributed by atoms with Crippen LogP contribution in [0.15, 0.2) is 48.5 Å². The van der Waals surface area contributed by atoms with Crippen LogP contribution < -0.4 is 4.90 Å². The van der Waals surface area contributed by atoms with Gasteiger partial charge in [-0.2, -0.15) is 5.26 Å². The van der Waals surface area contributed by atoms with Gasteiger partial charge in [-0.3, -0.25) is 9.59 Å². The number of rotatable bonds is 4. The Morgan fingerprint density at radius 3 is 2.42 bits per heavy atom. The van der Waals surface area contributed by atoms with Crippen LogP contribution in [0, 0.1) is 11.3 Å². The number of benzene rings is 2. The van der Waals surface area contributed by atoms with Crippen molar-refractivity contribution in [3.05, 3.63) is 65.2 Å². The molecule has 0 saturated carbocycles. The van der Waals surface area contributed by atoms with Crippen molar-refractivity contribution in [1.82, 2.24) is 4.90 Å². The van der Waals surface area contributed by atoms with Gasteiger partial charge in [0, 0.05) is 37.8 Å². The maximum absolute atomic E-state index is 12.6. The van der Waals surface area contributed by atoms with E-state index in [0.717, 1.165) is 30.6 Å². The summed E-state index contributed by atoms with van der Waals surface area (Å²) in [5.74, 6) is 0.0686. The molecule has 2 aromatic rings. The molecule has 0 unspecified atom stereocenters. The lowest BCUT2D eigenvalue weighted by Gasteiger charge is -2.27. The quantitative estimate of drug-likeness (QED) is 0.852. The Kier molecular flexibility index (Phi) is 5.33. The van der Waals surface area contributed by atoms with Gasteiger partial charge in [0.25, 0.3) is 5.91 Å². The Morgan fingerprint density at radius 1 is 1.12 bits per heavy atom. The molecular weight excluding hydrogens is 326 g/mol. The summed E-state index contributed by atoms with van der Waals surface area (Å²) in [5.41, 5.74) is 3.01. The SMILES string of the molecule is CN(Cc1ccc(C#N)cc1)C(=O)c1ccc(N2CCCCC2=O)cc1. The first-order chi connectivity index (χ1) is 12.6. The zero-order chi connectivity index (χ0) is 18.5. The highest BCUT2D eigenvalue weighted by atomic mass is 16.2. The highest BCUT2D eigenvalue weighted by molar-refractivity contribution is 5.96. The minimum Gasteiger partial charge on any atom is -0.337 e. The highest BCUT2D eigenvalue weighted by Gasteiger charge is 2.20. The molecule has 1 heterocycles. The molecule has 5 nitrogen and oxygen atoms in total. The zero-order valence-corrected chi connectivity index (χ0v) is 14.8. The van der Waals surface area contributed by atoms with Gasteiger partial charge in [0.1, 0.15) is 0 Å². The fourth-order valence-electron chi connectivity index (χ4n) is 3.11. The number of anilines is 1. The van der Waals surface area contributed by atoms with Crippen molar-refractivity contribution < 1.29 is 9.59 Å². The fourth-order valence-corrected chi connectivity index (χ4v) is 3.11. The molecule has 0 bridgehead atoms. The first-order valence-electron chi connectivity index (χ1n) is 8.73. The lowest BCUT2D eigenvalue weighted by molar-refractivity contribution is -0.119. The van der Waals surface area contributed by atoms with E-state index in [1.165, 1.54) is 0 Å². The number of carbonyl (C=O) groups excluding carboxylic acids is 2. The fraction of sp³-hybridized carbons (Fsp3) is 0.286. The minimum atomic E-state index is -0.0779. The Balaban J connectivity index is 1.66. The van der Waals surface area contributed by atoms with Crippen LogP contribution in [-0.4, -0.2) is 30.3 Å². The molecule has 1 saturated heterocycles. The molecular formula is C21H21N3O2. The van der Waals surface area contributed by atoms with Gasteiger partial charge in [-0.15, -0.1) is 0 Å². The molecule has 2 amide bonds. The van der Waals surface area contributed by atoms with E-state index in [9.17, 15) is 9.59 Å². The molecule has 132 valence electrons. The summed E-state index contributed by atoms with van der Waals surface area (Å²) >= 11 is 0. The summed E-state index contributed by atoms with van der Waals surface area (Å²) in [6, 6.07) is 16.5. The number of piperidine rings is 1. The van der Waals surface area contributed by atoms with Gasteiger partial charge >= 0.3 is 0 Å². The number of hydrogen-bond donors (Lipinski definition) is 0. The van der Waals surface area contributed by atoms with E-state index in [2.05, 4.69) is 6.07 Å². The molecule has 5 heteroatoms. The Labute approximate surface area is 153 Å². The topological polar surface area (TPSA) is 64.4 Å². The van der Waals surface area contributed by atoms with Crippen LogP contribution in [0.1, 0.15) is 40.7 Å². The maximum Gasteiger partial charge on any atom is 0.253 e. The van der Waals surface area contributed by atoms with E-state index in [-0.39, 0.29) is 11.8 Å². The largest absolute Gasteiger partial charge is 0.337 e. The summed E-state index contributed by atoms with van der Waals surface area (Å²) in [4.78, 5) is 28.0. The number of carbonyl (C=O) groups is 2. The van der Waals surface area contributed by atoms with Crippen LogP contribution in [0.4, 0.5) is 5.69 Å². The van der Waals surface area contributed by atoms with Crippen LogP contribution in [0.2, 0.25) is 0 Å². The summed E-state index contributed by atoms with van der Waals surface area (Å²) < 4.78 is 0. The van der Waals surface area contributed by atoms with Gasteiger partial charge in [-0.1, -0.05) is 12.1 Å².